The number of nitrogens with zero attached hydrogens (tertiary/aromatic N) is 1. The van der Waals surface area contributed by atoms with Crippen LogP contribution in [0.15, 0.2) is 59.1 Å². The van der Waals surface area contributed by atoms with Gasteiger partial charge in [0.25, 0.3) is 5.91 Å². The van der Waals surface area contributed by atoms with E-state index in [4.69, 9.17) is 9.47 Å². The van der Waals surface area contributed by atoms with Gasteiger partial charge in [-0.05, 0) is 73.7 Å². The number of carbonyl (C=O) groups is 3. The number of amides is 2. The van der Waals surface area contributed by atoms with Gasteiger partial charge in [-0.1, -0.05) is 28.1 Å². The molecule has 0 atom stereocenters. The van der Waals surface area contributed by atoms with Gasteiger partial charge in [-0.25, -0.2) is 4.79 Å². The molecule has 33 heavy (non-hydrogen) atoms. The highest BCUT2D eigenvalue weighted by Crippen LogP contribution is 2.18. The molecular weight excluding hydrogens is 488 g/mol. The van der Waals surface area contributed by atoms with Crippen LogP contribution in [0.4, 0.5) is 4.79 Å². The molecule has 174 valence electrons. The molecule has 7 nitrogen and oxygen atoms in total. The molecule has 0 unspecified atom stereocenters. The average molecular weight is 515 g/mol. The standard InChI is InChI=1S/C25H27BrN2O5/c1-2-32-25(31)33-22-10-6-20(7-11-22)24(30)27-17-19-13-15-28(16-14-19)23(29)12-5-18-3-8-21(26)9-4-18/h3-12,19H,2,13-17H2,1H3,(H,27,30)/b12-5+. The number of halogens is 1. The Morgan fingerprint density at radius 3 is 2.36 bits per heavy atom. The van der Waals surface area contributed by atoms with Crippen molar-refractivity contribution in [3.8, 4) is 5.75 Å². The fraction of sp³-hybridized carbons (Fsp3) is 0.320. The Bertz CT molecular complexity index is 981. The Balaban J connectivity index is 1.40. The largest absolute Gasteiger partial charge is 0.513 e. The number of hydrogen-bond acceptors (Lipinski definition) is 5. The summed E-state index contributed by atoms with van der Waals surface area (Å²) in [4.78, 5) is 38.0. The summed E-state index contributed by atoms with van der Waals surface area (Å²) in [5.74, 6) is 0.454. The summed E-state index contributed by atoms with van der Waals surface area (Å²) < 4.78 is 10.7. The van der Waals surface area contributed by atoms with Crippen molar-refractivity contribution in [2.75, 3.05) is 26.2 Å². The predicted molar refractivity (Wildman–Crippen MR) is 129 cm³/mol. The first-order valence-corrected chi connectivity index (χ1v) is 11.7. The molecule has 2 amide bonds. The molecule has 0 bridgehead atoms. The monoisotopic (exact) mass is 514 g/mol. The number of piperidine rings is 1. The minimum atomic E-state index is -0.775. The van der Waals surface area contributed by atoms with Gasteiger partial charge in [0.15, 0.2) is 0 Å². The maximum Gasteiger partial charge on any atom is 0.513 e. The lowest BCUT2D eigenvalue weighted by atomic mass is 9.96. The third-order valence-electron chi connectivity index (χ3n) is 5.35. The van der Waals surface area contributed by atoms with Gasteiger partial charge in [0.2, 0.25) is 5.91 Å². The molecule has 1 aliphatic heterocycles. The number of rotatable bonds is 7. The number of likely N-dealkylation sites (tertiary alicyclic amines) is 1. The molecule has 3 rings (SSSR count). The zero-order chi connectivity index (χ0) is 23.6. The summed E-state index contributed by atoms with van der Waals surface area (Å²) in [7, 11) is 0. The topological polar surface area (TPSA) is 84.9 Å². The van der Waals surface area contributed by atoms with E-state index < -0.39 is 6.16 Å². The fourth-order valence-electron chi connectivity index (χ4n) is 3.46. The van der Waals surface area contributed by atoms with Gasteiger partial charge < -0.3 is 19.7 Å². The lowest BCUT2D eigenvalue weighted by molar-refractivity contribution is -0.127. The number of benzene rings is 2. The summed E-state index contributed by atoms with van der Waals surface area (Å²) >= 11 is 3.40. The van der Waals surface area contributed by atoms with E-state index >= 15 is 0 Å². The number of carbonyl (C=O) groups excluding carboxylic acids is 3. The Morgan fingerprint density at radius 2 is 1.73 bits per heavy atom. The molecular formula is C25H27BrN2O5. The highest BCUT2D eigenvalue weighted by atomic mass is 79.9. The van der Waals surface area contributed by atoms with Crippen molar-refractivity contribution >= 4 is 40.0 Å². The maximum absolute atomic E-state index is 12.4. The first-order chi connectivity index (χ1) is 15.9. The van der Waals surface area contributed by atoms with Crippen LogP contribution in [-0.4, -0.2) is 49.1 Å². The van der Waals surface area contributed by atoms with Crippen molar-refractivity contribution in [1.29, 1.82) is 0 Å². The lowest BCUT2D eigenvalue weighted by Crippen LogP contribution is -2.40. The molecule has 1 saturated heterocycles. The van der Waals surface area contributed by atoms with Crippen LogP contribution >= 0.6 is 15.9 Å². The molecule has 1 N–H and O–H groups in total. The zero-order valence-corrected chi connectivity index (χ0v) is 20.0. The Labute approximate surface area is 201 Å². The summed E-state index contributed by atoms with van der Waals surface area (Å²) in [6.07, 6.45) is 4.34. The van der Waals surface area contributed by atoms with Crippen molar-refractivity contribution < 1.29 is 23.9 Å². The molecule has 0 saturated carbocycles. The summed E-state index contributed by atoms with van der Waals surface area (Å²) in [5.41, 5.74) is 1.46. The minimum absolute atomic E-state index is 0.00512. The third-order valence-corrected chi connectivity index (χ3v) is 5.87. The van der Waals surface area contributed by atoms with Crippen molar-refractivity contribution in [2.45, 2.75) is 19.8 Å². The van der Waals surface area contributed by atoms with E-state index in [0.29, 0.717) is 36.9 Å². The predicted octanol–water partition coefficient (Wildman–Crippen LogP) is 4.67. The molecule has 0 aliphatic carbocycles. The Kier molecular flexibility index (Phi) is 9.06. The van der Waals surface area contributed by atoms with Gasteiger partial charge in [-0.15, -0.1) is 0 Å². The van der Waals surface area contributed by atoms with E-state index in [-0.39, 0.29) is 18.4 Å². The molecule has 8 heteroatoms. The van der Waals surface area contributed by atoms with Crippen LogP contribution in [-0.2, 0) is 9.53 Å². The normalized spacial score (nSPS) is 14.2. The van der Waals surface area contributed by atoms with Crippen molar-refractivity contribution in [2.24, 2.45) is 5.92 Å². The molecule has 0 spiro atoms. The van der Waals surface area contributed by atoms with Crippen molar-refractivity contribution in [3.63, 3.8) is 0 Å². The summed E-state index contributed by atoms with van der Waals surface area (Å²) in [6, 6.07) is 14.1. The van der Waals surface area contributed by atoms with E-state index in [9.17, 15) is 14.4 Å². The summed E-state index contributed by atoms with van der Waals surface area (Å²) in [6.45, 7) is 3.82. The maximum atomic E-state index is 12.4. The van der Waals surface area contributed by atoms with Crippen LogP contribution in [0.2, 0.25) is 0 Å². The average Bonchev–Trinajstić information content (AvgIpc) is 2.83. The van der Waals surface area contributed by atoms with Crippen LogP contribution in [0.25, 0.3) is 6.08 Å². The van der Waals surface area contributed by atoms with Crippen LogP contribution < -0.4 is 10.1 Å². The Hall–Kier alpha value is -3.13. The minimum Gasteiger partial charge on any atom is -0.434 e. The van der Waals surface area contributed by atoms with Crippen molar-refractivity contribution in [3.05, 3.63) is 70.2 Å². The SMILES string of the molecule is CCOC(=O)Oc1ccc(C(=O)NCC2CCN(C(=O)/C=C/c3ccc(Br)cc3)CC2)cc1. The quantitative estimate of drug-likeness (QED) is 0.329. The van der Waals surface area contributed by atoms with Crippen LogP contribution in [0, 0.1) is 5.92 Å². The molecule has 2 aromatic rings. The first kappa shape index (κ1) is 24.5. The lowest BCUT2D eigenvalue weighted by Gasteiger charge is -2.31. The van der Waals surface area contributed by atoms with E-state index in [0.717, 1.165) is 22.9 Å². The van der Waals surface area contributed by atoms with Gasteiger partial charge >= 0.3 is 6.16 Å². The second-order valence-corrected chi connectivity index (χ2v) is 8.59. The first-order valence-electron chi connectivity index (χ1n) is 10.9. The van der Waals surface area contributed by atoms with E-state index in [1.54, 1.807) is 37.3 Å². The fourth-order valence-corrected chi connectivity index (χ4v) is 3.73. The molecule has 1 fully saturated rings. The number of hydrogen-bond donors (Lipinski definition) is 1. The van der Waals surface area contributed by atoms with Crippen LogP contribution in [0.1, 0.15) is 35.7 Å². The van der Waals surface area contributed by atoms with E-state index in [1.165, 1.54) is 0 Å². The van der Waals surface area contributed by atoms with Crippen molar-refractivity contribution in [1.82, 2.24) is 10.2 Å². The van der Waals surface area contributed by atoms with Crippen LogP contribution in [0.5, 0.6) is 5.75 Å². The highest BCUT2D eigenvalue weighted by Gasteiger charge is 2.22. The van der Waals surface area contributed by atoms with E-state index in [1.807, 2.05) is 35.2 Å². The van der Waals surface area contributed by atoms with Crippen LogP contribution in [0.3, 0.4) is 0 Å². The highest BCUT2D eigenvalue weighted by molar-refractivity contribution is 9.10. The molecule has 0 aromatic heterocycles. The van der Waals surface area contributed by atoms with Gasteiger partial charge in [0.1, 0.15) is 5.75 Å². The number of nitrogens with one attached hydrogen (secondary N) is 1. The summed E-state index contributed by atoms with van der Waals surface area (Å²) in [5, 5.41) is 2.95. The number of ether oxygens (including phenoxy) is 2. The third kappa shape index (κ3) is 7.75. The molecule has 0 radical (unpaired) electrons. The smallest absolute Gasteiger partial charge is 0.434 e. The zero-order valence-electron chi connectivity index (χ0n) is 18.5. The Morgan fingerprint density at radius 1 is 1.06 bits per heavy atom. The van der Waals surface area contributed by atoms with Gasteiger partial charge in [0.05, 0.1) is 6.61 Å². The van der Waals surface area contributed by atoms with Gasteiger partial charge in [0, 0.05) is 35.7 Å². The second-order valence-electron chi connectivity index (χ2n) is 7.67. The second kappa shape index (κ2) is 12.2. The van der Waals surface area contributed by atoms with Gasteiger partial charge in [-0.2, -0.15) is 0 Å². The van der Waals surface area contributed by atoms with E-state index in [2.05, 4.69) is 21.2 Å². The molecule has 1 aliphatic rings. The molecule has 1 heterocycles. The van der Waals surface area contributed by atoms with Gasteiger partial charge in [-0.3, -0.25) is 9.59 Å². The molecule has 2 aromatic carbocycles.